The summed E-state index contributed by atoms with van der Waals surface area (Å²) in [4.78, 5) is 9.17. The maximum absolute atomic E-state index is 13.9. The molecule has 4 aromatic carbocycles. The van der Waals surface area contributed by atoms with Gasteiger partial charge in [-0.2, -0.15) is 10.1 Å². The number of nitrogens with one attached hydrogen (secondary N) is 1. The van der Waals surface area contributed by atoms with Gasteiger partial charge in [-0.05, 0) is 69.1 Å². The lowest BCUT2D eigenvalue weighted by Gasteiger charge is -2.26. The highest BCUT2D eigenvalue weighted by Crippen LogP contribution is 2.60. The molecule has 4 heterocycles. The predicted octanol–water partition coefficient (Wildman–Crippen LogP) is 8.07. The SMILES string of the molecule is Fc1ccc(C2(CN3NC=NC3SSc3ncnn3CC3(c4ccc(F)cc4)OC3c3ccccc3Cl)OC2c2ccccc2Cl)cc1. The third-order valence-electron chi connectivity index (χ3n) is 8.70. The Hall–Kier alpha value is -3.49. The van der Waals surface area contributed by atoms with E-state index in [1.54, 1.807) is 35.3 Å². The molecule has 0 radical (unpaired) electrons. The van der Waals surface area contributed by atoms with E-state index in [-0.39, 0.29) is 29.3 Å². The minimum atomic E-state index is -0.815. The summed E-state index contributed by atoms with van der Waals surface area (Å²) in [5, 5.41) is 8.33. The van der Waals surface area contributed by atoms with E-state index in [4.69, 9.17) is 32.7 Å². The highest BCUT2D eigenvalue weighted by atomic mass is 35.5. The van der Waals surface area contributed by atoms with Gasteiger partial charge in [0.1, 0.15) is 41.4 Å². The average Bonchev–Trinajstić information content (AvgIpc) is 3.86. The van der Waals surface area contributed by atoms with E-state index >= 15 is 0 Å². The Balaban J connectivity index is 1.01. The molecule has 5 aromatic rings. The first-order chi connectivity index (χ1) is 23.4. The van der Waals surface area contributed by atoms with Crippen molar-refractivity contribution in [1.29, 1.82) is 0 Å². The number of hydrazine groups is 1. The van der Waals surface area contributed by atoms with E-state index in [0.29, 0.717) is 28.3 Å². The van der Waals surface area contributed by atoms with Crippen molar-refractivity contribution in [2.75, 3.05) is 6.54 Å². The zero-order valence-corrected chi connectivity index (χ0v) is 28.1. The third-order valence-corrected chi connectivity index (χ3v) is 11.8. The van der Waals surface area contributed by atoms with Crippen LogP contribution in [-0.2, 0) is 27.2 Å². The van der Waals surface area contributed by atoms with Crippen molar-refractivity contribution < 1.29 is 18.3 Å². The fourth-order valence-corrected chi connectivity index (χ4v) is 8.83. The Labute approximate surface area is 292 Å². The first-order valence-electron chi connectivity index (χ1n) is 15.0. The number of nitrogens with zero attached hydrogens (tertiary/aromatic N) is 5. The zero-order valence-electron chi connectivity index (χ0n) is 24.9. The molecule has 5 atom stereocenters. The number of halogens is 4. The molecule has 8 rings (SSSR count). The second-order valence-corrected chi connectivity index (χ2v) is 14.6. The Kier molecular flexibility index (Phi) is 8.44. The molecule has 3 aliphatic rings. The van der Waals surface area contributed by atoms with Crippen molar-refractivity contribution in [2.24, 2.45) is 4.99 Å². The van der Waals surface area contributed by atoms with Crippen molar-refractivity contribution in [2.45, 2.75) is 40.6 Å². The molecule has 5 unspecified atom stereocenters. The van der Waals surface area contributed by atoms with Gasteiger partial charge in [0.15, 0.2) is 10.7 Å². The van der Waals surface area contributed by atoms with Gasteiger partial charge >= 0.3 is 0 Å². The Bertz CT molecular complexity index is 1990. The summed E-state index contributed by atoms with van der Waals surface area (Å²) in [6.07, 6.45) is 2.47. The lowest BCUT2D eigenvalue weighted by Crippen LogP contribution is -2.43. The molecule has 3 aliphatic heterocycles. The number of ether oxygens (including phenoxy) is 2. The molecule has 0 spiro atoms. The number of rotatable bonds is 11. The van der Waals surface area contributed by atoms with E-state index in [0.717, 1.165) is 22.3 Å². The largest absolute Gasteiger partial charge is 0.354 e. The van der Waals surface area contributed by atoms with Crippen LogP contribution in [0.3, 0.4) is 0 Å². The van der Waals surface area contributed by atoms with Gasteiger partial charge in [-0.3, -0.25) is 0 Å². The van der Waals surface area contributed by atoms with Gasteiger partial charge in [-0.25, -0.2) is 23.4 Å². The molecular weight excluding hydrogens is 697 g/mol. The van der Waals surface area contributed by atoms with Crippen LogP contribution in [0.15, 0.2) is 114 Å². The van der Waals surface area contributed by atoms with Gasteiger partial charge in [-0.1, -0.05) is 83.9 Å². The standard InChI is InChI=1S/C34H26Cl2F2N6O2S2/c35-27-7-3-1-5-25(27)29-33(45-29,21-9-13-23(37)14-10-21)17-43-31(39-19-41-43)47-48-32-40-20-42-44(32)18-34(22-11-15-24(38)16-12-22)30(46-34)26-6-2-4-8-28(26)36/h1-16,19-20,29-31H,17-18H2,(H,39,41). The van der Waals surface area contributed by atoms with Crippen molar-refractivity contribution in [3.8, 4) is 0 Å². The molecule has 0 bridgehead atoms. The first kappa shape index (κ1) is 31.8. The summed E-state index contributed by atoms with van der Waals surface area (Å²) in [5.41, 5.74) is 4.65. The van der Waals surface area contributed by atoms with Crippen LogP contribution in [0, 0.1) is 11.6 Å². The van der Waals surface area contributed by atoms with Gasteiger partial charge < -0.3 is 14.9 Å². The molecule has 244 valence electrons. The minimum Gasteiger partial charge on any atom is -0.354 e. The van der Waals surface area contributed by atoms with E-state index in [1.165, 1.54) is 52.2 Å². The fraction of sp³-hybridized carbons (Fsp3) is 0.206. The lowest BCUT2D eigenvalue weighted by molar-refractivity contribution is 0.167. The fourth-order valence-electron chi connectivity index (χ4n) is 6.19. The van der Waals surface area contributed by atoms with Crippen LogP contribution in [-0.4, -0.2) is 38.2 Å². The summed E-state index contributed by atoms with van der Waals surface area (Å²) in [5.74, 6) is -0.653. The van der Waals surface area contributed by atoms with Crippen molar-refractivity contribution in [1.82, 2.24) is 25.2 Å². The van der Waals surface area contributed by atoms with Crippen LogP contribution in [0.2, 0.25) is 10.0 Å². The van der Waals surface area contributed by atoms with E-state index in [9.17, 15) is 8.78 Å². The topological polar surface area (TPSA) is 83.4 Å². The number of epoxide rings is 2. The van der Waals surface area contributed by atoms with Crippen molar-refractivity contribution >= 4 is 51.1 Å². The van der Waals surface area contributed by atoms with Gasteiger partial charge in [0.05, 0.1) is 19.4 Å². The van der Waals surface area contributed by atoms with Gasteiger partial charge in [0.25, 0.3) is 0 Å². The molecule has 0 aliphatic carbocycles. The average molecular weight is 724 g/mol. The van der Waals surface area contributed by atoms with Crippen LogP contribution in [0.1, 0.15) is 34.5 Å². The van der Waals surface area contributed by atoms with Gasteiger partial charge in [0, 0.05) is 21.2 Å². The lowest BCUT2D eigenvalue weighted by atomic mass is 9.91. The van der Waals surface area contributed by atoms with Crippen LogP contribution in [0.5, 0.6) is 0 Å². The highest BCUT2D eigenvalue weighted by molar-refractivity contribution is 8.76. The van der Waals surface area contributed by atoms with Crippen LogP contribution in [0.4, 0.5) is 8.78 Å². The van der Waals surface area contributed by atoms with Crippen LogP contribution < -0.4 is 5.43 Å². The molecule has 14 heteroatoms. The molecule has 2 saturated heterocycles. The normalized spacial score (nSPS) is 26.0. The molecule has 1 aromatic heterocycles. The van der Waals surface area contributed by atoms with Crippen LogP contribution in [0.25, 0.3) is 0 Å². The number of aromatic nitrogens is 3. The number of hydrogen-bond donors (Lipinski definition) is 1. The van der Waals surface area contributed by atoms with Crippen molar-refractivity contribution in [3.63, 3.8) is 0 Å². The van der Waals surface area contributed by atoms with E-state index in [2.05, 4.69) is 20.5 Å². The van der Waals surface area contributed by atoms with Crippen LogP contribution >= 0.6 is 44.8 Å². The maximum Gasteiger partial charge on any atom is 0.197 e. The monoisotopic (exact) mass is 722 g/mol. The Morgan fingerprint density at radius 3 is 1.85 bits per heavy atom. The maximum atomic E-state index is 13.9. The molecule has 2 fully saturated rings. The zero-order chi connectivity index (χ0) is 32.9. The van der Waals surface area contributed by atoms with Crippen molar-refractivity contribution in [3.05, 3.63) is 147 Å². The summed E-state index contributed by atoms with van der Waals surface area (Å²) < 4.78 is 42.4. The predicted molar refractivity (Wildman–Crippen MR) is 182 cm³/mol. The number of benzene rings is 4. The molecule has 8 nitrogen and oxygen atoms in total. The highest BCUT2D eigenvalue weighted by Gasteiger charge is 2.61. The van der Waals surface area contributed by atoms with E-state index in [1.807, 2.05) is 53.5 Å². The smallest absolute Gasteiger partial charge is 0.197 e. The Morgan fingerprint density at radius 1 is 0.750 bits per heavy atom. The Morgan fingerprint density at radius 2 is 1.29 bits per heavy atom. The van der Waals surface area contributed by atoms with Gasteiger partial charge in [0.2, 0.25) is 0 Å². The molecule has 0 amide bonds. The quantitative estimate of drug-likeness (QED) is 0.108. The first-order valence-corrected chi connectivity index (χ1v) is 18.0. The second kappa shape index (κ2) is 12.8. The summed E-state index contributed by atoms with van der Waals surface area (Å²) in [6.45, 7) is 0.731. The molecule has 1 N–H and O–H groups in total. The minimum absolute atomic E-state index is 0.323. The summed E-state index contributed by atoms with van der Waals surface area (Å²) >= 11 is 13.1. The van der Waals surface area contributed by atoms with E-state index < -0.39 is 11.2 Å². The molecule has 0 saturated carbocycles. The third kappa shape index (κ3) is 5.89. The number of hydrogen-bond acceptors (Lipinski definition) is 9. The number of aliphatic imine (C=N–C) groups is 1. The summed E-state index contributed by atoms with van der Waals surface area (Å²) in [7, 11) is 2.90. The molecule has 48 heavy (non-hydrogen) atoms. The second-order valence-electron chi connectivity index (χ2n) is 11.6. The van der Waals surface area contributed by atoms with Gasteiger partial charge in [-0.15, -0.1) is 0 Å². The molecular formula is C34H26Cl2F2N6O2S2. The summed E-state index contributed by atoms with van der Waals surface area (Å²) in [6, 6.07) is 27.8.